The van der Waals surface area contributed by atoms with Crippen LogP contribution in [-0.4, -0.2) is 0 Å². The van der Waals surface area contributed by atoms with Crippen molar-refractivity contribution < 1.29 is 0 Å². The molecule has 9 rings (SSSR count). The summed E-state index contributed by atoms with van der Waals surface area (Å²) in [6.07, 6.45) is 0. The average Bonchev–Trinajstić information content (AvgIpc) is 3.10. The molecule has 0 aliphatic carbocycles. The third-order valence-corrected chi connectivity index (χ3v) is 9.22. The molecule has 0 bridgehead atoms. The molecule has 0 aliphatic rings. The first-order valence-electron chi connectivity index (χ1n) is 15.3. The largest absolute Gasteiger partial charge is 0.0622 e. The SMILES string of the molecule is c1ccc(-c2cccc3cc(-c4c5ccccc5c(-c5cc6ccccc6c6ccccc56)c5ccccc45)ccc23)cc1. The maximum atomic E-state index is 2.40. The van der Waals surface area contributed by atoms with Crippen molar-refractivity contribution in [1.82, 2.24) is 0 Å². The minimum Gasteiger partial charge on any atom is -0.0622 e. The van der Waals surface area contributed by atoms with Crippen LogP contribution in [0.15, 0.2) is 170 Å². The predicted octanol–water partition coefficient (Wildman–Crippen LogP) is 12.5. The van der Waals surface area contributed by atoms with Crippen LogP contribution in [-0.2, 0) is 0 Å². The van der Waals surface area contributed by atoms with Crippen molar-refractivity contribution in [2.24, 2.45) is 0 Å². The van der Waals surface area contributed by atoms with Crippen molar-refractivity contribution in [3.63, 3.8) is 0 Å². The molecule has 0 heterocycles. The van der Waals surface area contributed by atoms with Gasteiger partial charge in [0.15, 0.2) is 0 Å². The molecule has 0 aromatic heterocycles. The highest BCUT2D eigenvalue weighted by Crippen LogP contribution is 2.47. The Morgan fingerprint density at radius 1 is 0.227 bits per heavy atom. The lowest BCUT2D eigenvalue weighted by molar-refractivity contribution is 1.65. The zero-order valence-electron chi connectivity index (χ0n) is 24.2. The van der Waals surface area contributed by atoms with Crippen LogP contribution >= 0.6 is 0 Å². The van der Waals surface area contributed by atoms with Crippen molar-refractivity contribution in [3.05, 3.63) is 170 Å². The van der Waals surface area contributed by atoms with E-state index in [2.05, 4.69) is 170 Å². The lowest BCUT2D eigenvalue weighted by Gasteiger charge is -2.20. The molecular weight excluding hydrogens is 528 g/mol. The highest BCUT2D eigenvalue weighted by Gasteiger charge is 2.19. The molecule has 204 valence electrons. The molecule has 0 unspecified atom stereocenters. The molecule has 9 aromatic carbocycles. The molecule has 0 amide bonds. The lowest BCUT2D eigenvalue weighted by atomic mass is 9.83. The quantitative estimate of drug-likeness (QED) is 0.150. The smallest absolute Gasteiger partial charge is 0.00199 e. The van der Waals surface area contributed by atoms with Gasteiger partial charge in [-0.05, 0) is 99.4 Å². The fourth-order valence-corrected chi connectivity index (χ4v) is 7.30. The second-order valence-corrected chi connectivity index (χ2v) is 11.6. The van der Waals surface area contributed by atoms with E-state index in [-0.39, 0.29) is 0 Å². The Morgan fingerprint density at radius 2 is 0.750 bits per heavy atom. The standard InChI is InChI=1S/C44H28/c1-2-13-29(14-3-1)33-24-12-16-30-27-32(25-26-35(30)33)43-38-20-8-10-22-40(38)44(41-23-11-9-21-39(41)43)42-28-31-15-4-5-17-34(31)36-18-6-7-19-37(36)42/h1-28H. The molecule has 9 aromatic rings. The molecule has 0 aliphatic heterocycles. The molecule has 0 radical (unpaired) electrons. The first-order valence-corrected chi connectivity index (χ1v) is 15.3. The Hall–Kier alpha value is -5.72. The van der Waals surface area contributed by atoms with Crippen LogP contribution in [0.25, 0.3) is 87.2 Å². The molecule has 44 heavy (non-hydrogen) atoms. The molecular formula is C44H28. The van der Waals surface area contributed by atoms with Gasteiger partial charge in [-0.25, -0.2) is 0 Å². The summed E-state index contributed by atoms with van der Waals surface area (Å²) in [5, 5.41) is 12.8. The molecule has 0 nitrogen and oxygen atoms in total. The predicted molar refractivity (Wildman–Crippen MR) is 190 cm³/mol. The van der Waals surface area contributed by atoms with E-state index < -0.39 is 0 Å². The first kappa shape index (κ1) is 24.8. The number of rotatable bonds is 3. The number of hydrogen-bond acceptors (Lipinski definition) is 0. The zero-order valence-corrected chi connectivity index (χ0v) is 24.2. The maximum absolute atomic E-state index is 2.40. The van der Waals surface area contributed by atoms with Gasteiger partial charge in [-0.3, -0.25) is 0 Å². The van der Waals surface area contributed by atoms with Crippen LogP contribution in [0, 0.1) is 0 Å². The van der Waals surface area contributed by atoms with Gasteiger partial charge in [0.05, 0.1) is 0 Å². The Labute approximate surface area is 256 Å². The van der Waals surface area contributed by atoms with E-state index in [1.807, 2.05) is 0 Å². The van der Waals surface area contributed by atoms with E-state index in [1.54, 1.807) is 0 Å². The van der Waals surface area contributed by atoms with Crippen LogP contribution in [0.2, 0.25) is 0 Å². The van der Waals surface area contributed by atoms with E-state index in [9.17, 15) is 0 Å². The summed E-state index contributed by atoms with van der Waals surface area (Å²) in [6.45, 7) is 0. The van der Waals surface area contributed by atoms with Crippen LogP contribution in [0.3, 0.4) is 0 Å². The van der Waals surface area contributed by atoms with Gasteiger partial charge in [0.25, 0.3) is 0 Å². The third kappa shape index (κ3) is 3.78. The van der Waals surface area contributed by atoms with E-state index in [1.165, 1.54) is 87.2 Å². The molecule has 0 N–H and O–H groups in total. The summed E-state index contributed by atoms with van der Waals surface area (Å²) in [5.41, 5.74) is 7.62. The molecule has 0 spiro atoms. The van der Waals surface area contributed by atoms with Gasteiger partial charge in [0.2, 0.25) is 0 Å². The minimum absolute atomic E-state index is 1.24. The monoisotopic (exact) mass is 556 g/mol. The first-order chi connectivity index (χ1) is 21.8. The topological polar surface area (TPSA) is 0 Å². The molecule has 0 saturated carbocycles. The number of hydrogen-bond donors (Lipinski definition) is 0. The van der Waals surface area contributed by atoms with Crippen molar-refractivity contribution in [1.29, 1.82) is 0 Å². The maximum Gasteiger partial charge on any atom is -0.00199 e. The molecule has 0 saturated heterocycles. The second kappa shape index (κ2) is 9.93. The summed E-state index contributed by atoms with van der Waals surface area (Å²) >= 11 is 0. The van der Waals surface area contributed by atoms with Crippen LogP contribution in [0.5, 0.6) is 0 Å². The van der Waals surface area contributed by atoms with Gasteiger partial charge >= 0.3 is 0 Å². The average molecular weight is 557 g/mol. The molecule has 0 fully saturated rings. The van der Waals surface area contributed by atoms with E-state index in [4.69, 9.17) is 0 Å². The third-order valence-electron chi connectivity index (χ3n) is 9.22. The second-order valence-electron chi connectivity index (χ2n) is 11.6. The van der Waals surface area contributed by atoms with Crippen LogP contribution in [0.4, 0.5) is 0 Å². The van der Waals surface area contributed by atoms with Crippen molar-refractivity contribution in [2.45, 2.75) is 0 Å². The van der Waals surface area contributed by atoms with Crippen LogP contribution < -0.4 is 0 Å². The summed E-state index contributed by atoms with van der Waals surface area (Å²) in [5.74, 6) is 0. The normalized spacial score (nSPS) is 11.6. The fourth-order valence-electron chi connectivity index (χ4n) is 7.30. The van der Waals surface area contributed by atoms with Gasteiger partial charge in [-0.2, -0.15) is 0 Å². The highest BCUT2D eigenvalue weighted by atomic mass is 14.2. The Bertz CT molecular complexity index is 2480. The van der Waals surface area contributed by atoms with Crippen molar-refractivity contribution in [3.8, 4) is 33.4 Å². The fraction of sp³-hybridized carbons (Fsp3) is 0. The van der Waals surface area contributed by atoms with Crippen LogP contribution in [0.1, 0.15) is 0 Å². The van der Waals surface area contributed by atoms with Crippen molar-refractivity contribution in [2.75, 3.05) is 0 Å². The molecule has 0 atom stereocenters. The van der Waals surface area contributed by atoms with E-state index >= 15 is 0 Å². The summed E-state index contributed by atoms with van der Waals surface area (Å²) < 4.78 is 0. The number of benzene rings is 9. The van der Waals surface area contributed by atoms with Gasteiger partial charge in [-0.1, -0.05) is 158 Å². The number of fused-ring (bicyclic) bond motifs is 6. The van der Waals surface area contributed by atoms with Gasteiger partial charge in [0.1, 0.15) is 0 Å². The van der Waals surface area contributed by atoms with Gasteiger partial charge in [0, 0.05) is 0 Å². The molecule has 0 heteroatoms. The Kier molecular flexibility index (Phi) is 5.61. The van der Waals surface area contributed by atoms with Crippen molar-refractivity contribution >= 4 is 53.9 Å². The summed E-state index contributed by atoms with van der Waals surface area (Å²) in [7, 11) is 0. The summed E-state index contributed by atoms with van der Waals surface area (Å²) in [4.78, 5) is 0. The highest BCUT2D eigenvalue weighted by molar-refractivity contribution is 6.26. The Balaban J connectivity index is 1.37. The van der Waals surface area contributed by atoms with E-state index in [0.29, 0.717) is 0 Å². The zero-order chi connectivity index (χ0) is 29.0. The van der Waals surface area contributed by atoms with Gasteiger partial charge in [-0.15, -0.1) is 0 Å². The Morgan fingerprint density at radius 3 is 1.45 bits per heavy atom. The lowest BCUT2D eigenvalue weighted by Crippen LogP contribution is -1.92. The summed E-state index contributed by atoms with van der Waals surface area (Å²) in [6, 6.07) is 62.3. The van der Waals surface area contributed by atoms with Gasteiger partial charge < -0.3 is 0 Å². The van der Waals surface area contributed by atoms with E-state index in [0.717, 1.165) is 0 Å². The minimum atomic E-state index is 1.24.